The minimum atomic E-state index is -4.56. The van der Waals surface area contributed by atoms with Gasteiger partial charge in [0.25, 0.3) is 43.9 Å². The molecule has 1 aliphatic carbocycles. The van der Waals surface area contributed by atoms with Crippen molar-refractivity contribution >= 4 is 83.5 Å². The molecule has 2 N–H and O–H groups in total. The van der Waals surface area contributed by atoms with E-state index in [4.69, 9.17) is 9.68 Å². The quantitative estimate of drug-likeness (QED) is 0.0754. The molecule has 0 bridgehead atoms. The zero-order chi connectivity index (χ0) is 45.8. The van der Waals surface area contributed by atoms with E-state index in [-0.39, 0.29) is 48.3 Å². The summed E-state index contributed by atoms with van der Waals surface area (Å²) in [7, 11) is -9.13. The number of hydroxylamine groups is 4. The fourth-order valence-electron chi connectivity index (χ4n) is 8.22. The molecule has 4 amide bonds. The van der Waals surface area contributed by atoms with Gasteiger partial charge in [0.05, 0.1) is 15.2 Å². The molecule has 64 heavy (non-hydrogen) atoms. The van der Waals surface area contributed by atoms with Crippen LogP contribution in [0.2, 0.25) is 0 Å². The van der Waals surface area contributed by atoms with Gasteiger partial charge in [-0.2, -0.15) is 21.4 Å². The maximum absolute atomic E-state index is 12.3. The van der Waals surface area contributed by atoms with Gasteiger partial charge in [-0.15, -0.1) is 10.1 Å². The number of aromatic nitrogens is 1. The Labute approximate surface area is 369 Å². The monoisotopic (exact) mass is 919 g/mol. The highest BCUT2D eigenvalue weighted by atomic mass is 32.2. The van der Waals surface area contributed by atoms with E-state index in [1.807, 2.05) is 40.1 Å². The van der Waals surface area contributed by atoms with Gasteiger partial charge in [0.15, 0.2) is 6.20 Å². The second kappa shape index (κ2) is 19.3. The molecule has 3 aliphatic heterocycles. The number of nitrogens with zero attached hydrogens (tertiary/aromatic N) is 4. The molecule has 20 heteroatoms. The molecule has 7 rings (SSSR count). The van der Waals surface area contributed by atoms with E-state index in [1.54, 1.807) is 12.1 Å². The number of hydrogen-bond donors (Lipinski definition) is 2. The van der Waals surface area contributed by atoms with Crippen LogP contribution >= 0.6 is 0 Å². The number of unbranched alkanes of at least 4 members (excludes halogenated alkanes) is 4. The van der Waals surface area contributed by atoms with Crippen molar-refractivity contribution in [3.05, 3.63) is 83.7 Å². The van der Waals surface area contributed by atoms with Crippen molar-refractivity contribution < 1.29 is 69.0 Å². The third-order valence-electron chi connectivity index (χ3n) is 11.5. The summed E-state index contributed by atoms with van der Waals surface area (Å²) < 4.78 is 71.3. The number of carbonyl (C=O) groups excluding carboxylic acids is 6. The van der Waals surface area contributed by atoms with Gasteiger partial charge in [0.2, 0.25) is 5.52 Å². The molecule has 0 radical (unpaired) electrons. The van der Waals surface area contributed by atoms with Gasteiger partial charge in [-0.3, -0.25) is 28.3 Å². The van der Waals surface area contributed by atoms with E-state index >= 15 is 0 Å². The topological polar surface area (TPSA) is 243 Å². The van der Waals surface area contributed by atoms with Crippen molar-refractivity contribution in [1.29, 1.82) is 0 Å². The first-order chi connectivity index (χ1) is 30.5. The zero-order valence-electron chi connectivity index (χ0n) is 34.8. The van der Waals surface area contributed by atoms with Crippen LogP contribution in [0.4, 0.5) is 5.69 Å². The largest absolute Gasteiger partial charge is 0.347 e. The lowest BCUT2D eigenvalue weighted by atomic mass is 9.84. The zero-order valence-corrected chi connectivity index (χ0v) is 36.4. The summed E-state index contributed by atoms with van der Waals surface area (Å²) in [5.74, 6) is -3.53. The summed E-state index contributed by atoms with van der Waals surface area (Å²) in [5, 5.41) is 1.62. The maximum atomic E-state index is 12.3. The maximum Gasteiger partial charge on any atom is 0.333 e. The number of aryl methyl sites for hydroxylation is 1. The summed E-state index contributed by atoms with van der Waals surface area (Å²) in [4.78, 5) is 82.9. The van der Waals surface area contributed by atoms with Crippen LogP contribution in [0.1, 0.15) is 107 Å². The fourth-order valence-corrected chi connectivity index (χ4v) is 9.23. The number of imide groups is 2. The van der Waals surface area contributed by atoms with E-state index in [1.165, 1.54) is 24.3 Å². The SMILES string of the molecule is O=C(CCCCCN1C=C/C(=C2\C=C(c3cc[n+](CCCCCC(=O)ON4C(=O)CCC4=O)c4ccc(S(=O)(=O)O)cc34)CCC2)c2cc(S(=O)(=O)O)ccc21)ON1C(=O)CCC1=O. The highest BCUT2D eigenvalue weighted by Gasteiger charge is 2.34. The first-order valence-corrected chi connectivity index (χ1v) is 23.9. The minimum absolute atomic E-state index is 0.00871. The Balaban J connectivity index is 1.09. The van der Waals surface area contributed by atoms with Crippen LogP contribution < -0.4 is 9.47 Å². The molecule has 2 saturated heterocycles. The van der Waals surface area contributed by atoms with Gasteiger partial charge in [-0.25, -0.2) is 9.59 Å². The Morgan fingerprint density at radius 3 is 1.84 bits per heavy atom. The second-order valence-electron chi connectivity index (χ2n) is 15.9. The Morgan fingerprint density at radius 1 is 0.656 bits per heavy atom. The molecule has 0 atom stereocenters. The lowest BCUT2D eigenvalue weighted by Crippen LogP contribution is -2.34. The molecule has 338 valence electrons. The molecular weight excluding hydrogens is 873 g/mol. The Hall–Kier alpha value is -6.09. The molecule has 2 fully saturated rings. The Morgan fingerprint density at radius 2 is 1.23 bits per heavy atom. The van der Waals surface area contributed by atoms with Crippen molar-refractivity contribution in [2.45, 2.75) is 113 Å². The van der Waals surface area contributed by atoms with E-state index < -0.39 is 55.8 Å². The summed E-state index contributed by atoms with van der Waals surface area (Å²) in [6.45, 7) is 0.997. The molecule has 4 aliphatic rings. The molecule has 0 spiro atoms. The van der Waals surface area contributed by atoms with Gasteiger partial charge >= 0.3 is 11.9 Å². The number of rotatable bonds is 17. The Kier molecular flexibility index (Phi) is 13.9. The lowest BCUT2D eigenvalue weighted by Gasteiger charge is -2.30. The van der Waals surface area contributed by atoms with Crippen molar-refractivity contribution in [3.8, 4) is 0 Å². The van der Waals surface area contributed by atoms with Gasteiger partial charge in [0, 0.05) is 81.1 Å². The van der Waals surface area contributed by atoms with Gasteiger partial charge < -0.3 is 14.6 Å². The van der Waals surface area contributed by atoms with Crippen LogP contribution in [-0.2, 0) is 65.2 Å². The van der Waals surface area contributed by atoms with Crippen LogP contribution in [0.5, 0.6) is 0 Å². The van der Waals surface area contributed by atoms with E-state index in [2.05, 4.69) is 0 Å². The third kappa shape index (κ3) is 10.6. The van der Waals surface area contributed by atoms with E-state index in [9.17, 15) is 54.7 Å². The molecule has 0 unspecified atom stereocenters. The van der Waals surface area contributed by atoms with E-state index in [0.717, 1.165) is 22.3 Å². The molecule has 1 aromatic heterocycles. The number of anilines is 1. The molecule has 2 aromatic carbocycles. The summed E-state index contributed by atoms with van der Waals surface area (Å²) in [5.41, 5.74) is 5.20. The van der Waals surface area contributed by atoms with Crippen molar-refractivity contribution in [2.24, 2.45) is 0 Å². The second-order valence-corrected chi connectivity index (χ2v) is 18.8. The number of pyridine rings is 1. The predicted octanol–water partition coefficient (Wildman–Crippen LogP) is 5.31. The number of carbonyl (C=O) groups is 6. The molecule has 0 saturated carbocycles. The number of hydrogen-bond acceptors (Lipinski definition) is 13. The average Bonchev–Trinajstić information content (AvgIpc) is 3.75. The third-order valence-corrected chi connectivity index (χ3v) is 13.2. The van der Waals surface area contributed by atoms with Crippen LogP contribution in [0, 0.1) is 0 Å². The van der Waals surface area contributed by atoms with Crippen molar-refractivity contribution in [3.63, 3.8) is 0 Å². The van der Waals surface area contributed by atoms with Crippen LogP contribution in [0.25, 0.3) is 22.0 Å². The standard InChI is InChI=1S/C44H46N4O14S2/c49-39-16-17-40(50)47(39)61-43(53)10-3-1-5-22-45-24-20-33(35-27-31(63(55,56)57)12-14-37(35)45)29-8-7-9-30(26-29)34-21-25-46(38-15-13-32(28-36(34)38)64(58,59)60)23-6-2-4-11-44(54)62-48-41(51)18-19-42(48)52/h12-15,20-21,24-28H,1-11,16-19,22-23H2,(H-,55,56,57,58,59,60)/p+1. The fraction of sp³-hybridized carbons (Fsp3) is 0.386. The first kappa shape index (κ1) is 45.9. The summed E-state index contributed by atoms with van der Waals surface area (Å²) in [6.07, 6.45) is 13.0. The summed E-state index contributed by atoms with van der Waals surface area (Å²) >= 11 is 0. The van der Waals surface area contributed by atoms with Gasteiger partial charge in [0.1, 0.15) is 6.54 Å². The number of fused-ring (bicyclic) bond motifs is 2. The number of allylic oxidation sites excluding steroid dienone is 5. The average molecular weight is 920 g/mol. The molecule has 18 nitrogen and oxygen atoms in total. The Bertz CT molecular complexity index is 2730. The van der Waals surface area contributed by atoms with Crippen molar-refractivity contribution in [1.82, 2.24) is 10.1 Å². The number of benzene rings is 2. The lowest BCUT2D eigenvalue weighted by molar-refractivity contribution is -0.671. The van der Waals surface area contributed by atoms with Gasteiger partial charge in [-0.05, 0) is 104 Å². The minimum Gasteiger partial charge on any atom is -0.347 e. The van der Waals surface area contributed by atoms with Crippen molar-refractivity contribution in [2.75, 3.05) is 11.4 Å². The molecule has 3 aromatic rings. The molecule has 4 heterocycles. The number of amides is 4. The first-order valence-electron chi connectivity index (χ1n) is 21.1. The van der Waals surface area contributed by atoms with Crippen LogP contribution in [0.3, 0.4) is 0 Å². The predicted molar refractivity (Wildman–Crippen MR) is 227 cm³/mol. The van der Waals surface area contributed by atoms with Crippen LogP contribution in [-0.4, -0.2) is 78.2 Å². The molecular formula is C44H47N4O14S2+. The van der Waals surface area contributed by atoms with Crippen LogP contribution in [0.15, 0.2) is 82.4 Å². The van der Waals surface area contributed by atoms with Gasteiger partial charge in [-0.1, -0.05) is 12.5 Å². The summed E-state index contributed by atoms with van der Waals surface area (Å²) in [6, 6.07) is 10.7. The normalized spacial score (nSPS) is 18.0. The van der Waals surface area contributed by atoms with E-state index in [0.29, 0.717) is 103 Å². The highest BCUT2D eigenvalue weighted by molar-refractivity contribution is 7.86. The smallest absolute Gasteiger partial charge is 0.333 e. The highest BCUT2D eigenvalue weighted by Crippen LogP contribution is 2.42.